The zero-order chi connectivity index (χ0) is 18.4. The molecule has 1 saturated carbocycles. The fraction of sp³-hybridized carbons (Fsp3) is 0.619. The summed E-state index contributed by atoms with van der Waals surface area (Å²) < 4.78 is 5.83. The summed E-state index contributed by atoms with van der Waals surface area (Å²) in [5.74, 6) is 0.704. The molecule has 1 aromatic rings. The summed E-state index contributed by atoms with van der Waals surface area (Å²) in [5.41, 5.74) is 1.50. The number of anilines is 1. The van der Waals surface area contributed by atoms with Crippen molar-refractivity contribution in [3.63, 3.8) is 0 Å². The number of hydrogen-bond donors (Lipinski definition) is 1. The lowest BCUT2D eigenvalue weighted by atomic mass is 9.81. The number of nitrogens with zero attached hydrogens (tertiary/aromatic N) is 2. The Hall–Kier alpha value is -2.08. The number of nitrogens with one attached hydrogen (secondary N) is 1. The van der Waals surface area contributed by atoms with E-state index in [0.29, 0.717) is 17.9 Å². The summed E-state index contributed by atoms with van der Waals surface area (Å²) in [4.78, 5) is 28.9. The monoisotopic (exact) mass is 369 g/mol. The van der Waals surface area contributed by atoms with Crippen LogP contribution in [0, 0.1) is 5.92 Å². The van der Waals surface area contributed by atoms with Crippen LogP contribution in [0.2, 0.25) is 0 Å². The van der Waals surface area contributed by atoms with Gasteiger partial charge in [0.2, 0.25) is 5.91 Å². The van der Waals surface area contributed by atoms with E-state index in [1.807, 2.05) is 18.2 Å². The second-order valence-corrected chi connectivity index (χ2v) is 8.42. The summed E-state index contributed by atoms with van der Waals surface area (Å²) in [6, 6.07) is 8.53. The van der Waals surface area contributed by atoms with Crippen LogP contribution < -0.4 is 5.32 Å². The van der Waals surface area contributed by atoms with Gasteiger partial charge in [0, 0.05) is 56.5 Å². The van der Waals surface area contributed by atoms with Crippen LogP contribution in [0.5, 0.6) is 0 Å². The third-order valence-corrected chi connectivity index (χ3v) is 6.77. The molecular formula is C21H27N3O3. The van der Waals surface area contributed by atoms with Gasteiger partial charge in [-0.15, -0.1) is 0 Å². The Morgan fingerprint density at radius 3 is 2.44 bits per heavy atom. The highest BCUT2D eigenvalue weighted by atomic mass is 16.6. The van der Waals surface area contributed by atoms with Crippen LogP contribution >= 0.6 is 0 Å². The fourth-order valence-corrected chi connectivity index (χ4v) is 5.02. The van der Waals surface area contributed by atoms with Gasteiger partial charge < -0.3 is 9.64 Å². The van der Waals surface area contributed by atoms with E-state index in [1.165, 1.54) is 0 Å². The summed E-state index contributed by atoms with van der Waals surface area (Å²) >= 11 is 0. The van der Waals surface area contributed by atoms with Crippen molar-refractivity contribution >= 4 is 17.7 Å². The molecule has 144 valence electrons. The molecule has 3 fully saturated rings. The molecule has 0 atom stereocenters. The second kappa shape index (κ2) is 6.51. The topological polar surface area (TPSA) is 61.9 Å². The molecule has 0 radical (unpaired) electrons. The molecule has 4 aliphatic rings. The normalized spacial score (nSPS) is 25.6. The zero-order valence-electron chi connectivity index (χ0n) is 15.7. The molecule has 0 unspecified atom stereocenters. The van der Waals surface area contributed by atoms with Crippen molar-refractivity contribution < 1.29 is 14.3 Å². The van der Waals surface area contributed by atoms with E-state index in [9.17, 15) is 9.59 Å². The number of rotatable bonds is 2. The number of benzene rings is 1. The molecule has 2 amide bonds. The number of likely N-dealkylation sites (tertiary alicyclic amines) is 2. The molecule has 5 rings (SSSR count). The van der Waals surface area contributed by atoms with Gasteiger partial charge >= 0.3 is 6.09 Å². The minimum Gasteiger partial charge on any atom is -0.438 e. The molecule has 1 spiro atoms. The zero-order valence-corrected chi connectivity index (χ0v) is 15.7. The lowest BCUT2D eigenvalue weighted by Crippen LogP contribution is -2.53. The van der Waals surface area contributed by atoms with E-state index in [4.69, 9.17) is 4.74 Å². The molecule has 3 aliphatic heterocycles. The van der Waals surface area contributed by atoms with Crippen molar-refractivity contribution in [1.29, 1.82) is 0 Å². The van der Waals surface area contributed by atoms with Crippen LogP contribution in [-0.2, 0) is 15.1 Å². The van der Waals surface area contributed by atoms with Crippen molar-refractivity contribution in [3.05, 3.63) is 29.8 Å². The van der Waals surface area contributed by atoms with Gasteiger partial charge in [0.25, 0.3) is 0 Å². The third-order valence-electron chi connectivity index (χ3n) is 6.77. The Bertz CT molecular complexity index is 745. The van der Waals surface area contributed by atoms with Gasteiger partial charge in [-0.2, -0.15) is 0 Å². The third kappa shape index (κ3) is 3.10. The van der Waals surface area contributed by atoms with Gasteiger partial charge in [-0.25, -0.2) is 4.79 Å². The fourth-order valence-electron chi connectivity index (χ4n) is 5.02. The first-order valence-electron chi connectivity index (χ1n) is 10.3. The Kier molecular flexibility index (Phi) is 4.11. The van der Waals surface area contributed by atoms with Crippen molar-refractivity contribution in [2.24, 2.45) is 5.92 Å². The summed E-state index contributed by atoms with van der Waals surface area (Å²) in [6.07, 6.45) is 5.61. The molecule has 6 nitrogen and oxygen atoms in total. The maximum Gasteiger partial charge on any atom is 0.412 e. The summed E-state index contributed by atoms with van der Waals surface area (Å²) in [5, 5.41) is 2.82. The quantitative estimate of drug-likeness (QED) is 0.871. The number of amides is 2. The van der Waals surface area contributed by atoms with Crippen LogP contribution in [0.3, 0.4) is 0 Å². The molecule has 2 saturated heterocycles. The van der Waals surface area contributed by atoms with E-state index in [-0.39, 0.29) is 6.09 Å². The average molecular weight is 369 g/mol. The lowest BCUT2D eigenvalue weighted by Gasteiger charge is -2.47. The largest absolute Gasteiger partial charge is 0.438 e. The Balaban J connectivity index is 1.22. The minimum absolute atomic E-state index is 0.325. The molecule has 1 N–H and O–H groups in total. The van der Waals surface area contributed by atoms with Gasteiger partial charge in [-0.1, -0.05) is 18.2 Å². The maximum atomic E-state index is 12.3. The van der Waals surface area contributed by atoms with Gasteiger partial charge in [-0.05, 0) is 31.7 Å². The number of fused-ring (bicyclic) bond motifs is 2. The first-order valence-corrected chi connectivity index (χ1v) is 10.3. The molecule has 1 aliphatic carbocycles. The standard InChI is InChI=1S/C21H27N3O3/c25-19(15-5-6-15)24-11-7-16(8-12-24)23-13-9-21(10-14-23)17-3-1-2-4-18(17)22-20(26)27-21/h1-4,15-16H,5-14H2,(H,22,26). The van der Waals surface area contributed by atoms with Crippen LogP contribution in [0.1, 0.15) is 44.1 Å². The van der Waals surface area contributed by atoms with Crippen LogP contribution in [0.15, 0.2) is 24.3 Å². The number of ether oxygens (including phenoxy) is 1. The highest BCUT2D eigenvalue weighted by Gasteiger charge is 2.45. The van der Waals surface area contributed by atoms with E-state index in [0.717, 1.165) is 76.0 Å². The van der Waals surface area contributed by atoms with Gasteiger partial charge in [0.1, 0.15) is 5.60 Å². The lowest BCUT2D eigenvalue weighted by molar-refractivity contribution is -0.134. The van der Waals surface area contributed by atoms with Gasteiger partial charge in [0.05, 0.1) is 5.69 Å². The van der Waals surface area contributed by atoms with Crippen molar-refractivity contribution in [1.82, 2.24) is 9.80 Å². The first kappa shape index (κ1) is 17.0. The number of carbonyl (C=O) groups is 2. The molecule has 3 heterocycles. The summed E-state index contributed by atoms with van der Waals surface area (Å²) in [7, 11) is 0. The first-order chi connectivity index (χ1) is 13.1. The number of carbonyl (C=O) groups excluding carboxylic acids is 2. The van der Waals surface area contributed by atoms with Crippen LogP contribution in [-0.4, -0.2) is 54.0 Å². The minimum atomic E-state index is -0.488. The molecule has 0 aromatic heterocycles. The highest BCUT2D eigenvalue weighted by Crippen LogP contribution is 2.44. The SMILES string of the molecule is O=C1Nc2ccccc2C2(CCN(C3CCN(C(=O)C4CC4)CC3)CC2)O1. The number of para-hydroxylation sites is 1. The maximum absolute atomic E-state index is 12.3. The van der Waals surface area contributed by atoms with Gasteiger partial charge in [0.15, 0.2) is 0 Å². The van der Waals surface area contributed by atoms with E-state index < -0.39 is 5.60 Å². The molecular weight excluding hydrogens is 342 g/mol. The van der Waals surface area contributed by atoms with Crippen molar-refractivity contribution in [2.75, 3.05) is 31.5 Å². The van der Waals surface area contributed by atoms with Crippen LogP contribution in [0.4, 0.5) is 10.5 Å². The van der Waals surface area contributed by atoms with Crippen molar-refractivity contribution in [2.45, 2.75) is 50.2 Å². The molecule has 0 bridgehead atoms. The smallest absolute Gasteiger partial charge is 0.412 e. The average Bonchev–Trinajstić information content (AvgIpc) is 3.53. The predicted molar refractivity (Wildman–Crippen MR) is 101 cm³/mol. The highest BCUT2D eigenvalue weighted by molar-refractivity contribution is 5.88. The number of hydrogen-bond acceptors (Lipinski definition) is 4. The van der Waals surface area contributed by atoms with E-state index in [2.05, 4.69) is 21.2 Å². The second-order valence-electron chi connectivity index (χ2n) is 8.42. The molecule has 27 heavy (non-hydrogen) atoms. The molecule has 1 aromatic carbocycles. The Morgan fingerprint density at radius 2 is 1.74 bits per heavy atom. The van der Waals surface area contributed by atoms with Crippen molar-refractivity contribution in [3.8, 4) is 0 Å². The Morgan fingerprint density at radius 1 is 1.04 bits per heavy atom. The van der Waals surface area contributed by atoms with Gasteiger partial charge in [-0.3, -0.25) is 15.0 Å². The van der Waals surface area contributed by atoms with E-state index >= 15 is 0 Å². The Labute approximate surface area is 159 Å². The molecule has 6 heteroatoms. The van der Waals surface area contributed by atoms with E-state index in [1.54, 1.807) is 0 Å². The summed E-state index contributed by atoms with van der Waals surface area (Å²) in [6.45, 7) is 3.65. The predicted octanol–water partition coefficient (Wildman–Crippen LogP) is 2.94. The van der Waals surface area contributed by atoms with Crippen LogP contribution in [0.25, 0.3) is 0 Å². The number of piperidine rings is 2.